The minimum Gasteiger partial charge on any atom is -0.494 e. The standard InChI is InChI=1S/C17H25F3N2O2/c1-22(2)16(23)13-21-10-8-14-6-5-7-15(12-14)24-11-4-3-9-17(18,19)20/h5-7,12,21H,3-4,8-11,13H2,1-2H3. The molecular weight excluding hydrogens is 321 g/mol. The number of nitrogens with zero attached hydrogens (tertiary/aromatic N) is 1. The van der Waals surface area contributed by atoms with Crippen molar-refractivity contribution in [2.45, 2.75) is 31.9 Å². The zero-order valence-corrected chi connectivity index (χ0v) is 14.2. The van der Waals surface area contributed by atoms with E-state index in [0.29, 0.717) is 25.3 Å². The lowest BCUT2D eigenvalue weighted by Crippen LogP contribution is -2.33. The molecule has 0 spiro atoms. The Morgan fingerprint density at radius 2 is 2.00 bits per heavy atom. The van der Waals surface area contributed by atoms with Crippen molar-refractivity contribution in [2.24, 2.45) is 0 Å². The summed E-state index contributed by atoms with van der Waals surface area (Å²) in [6.07, 6.45) is -3.68. The zero-order valence-electron chi connectivity index (χ0n) is 14.2. The second kappa shape index (κ2) is 10.2. The number of nitrogens with one attached hydrogen (secondary N) is 1. The molecule has 0 radical (unpaired) electrons. The second-order valence-electron chi connectivity index (χ2n) is 5.78. The van der Waals surface area contributed by atoms with Gasteiger partial charge in [-0.25, -0.2) is 0 Å². The first-order valence-electron chi connectivity index (χ1n) is 7.97. The summed E-state index contributed by atoms with van der Waals surface area (Å²) in [5, 5.41) is 3.07. The molecule has 0 aromatic heterocycles. The first kappa shape index (κ1) is 20.3. The molecule has 1 amide bonds. The Bertz CT molecular complexity index is 505. The number of unbranched alkanes of at least 4 members (excludes halogenated alkanes) is 1. The fourth-order valence-corrected chi connectivity index (χ4v) is 1.99. The maximum Gasteiger partial charge on any atom is 0.389 e. The Labute approximate surface area is 141 Å². The van der Waals surface area contributed by atoms with Crippen molar-refractivity contribution in [1.29, 1.82) is 0 Å². The summed E-state index contributed by atoms with van der Waals surface area (Å²) in [5.74, 6) is 0.676. The van der Waals surface area contributed by atoms with Crippen LogP contribution in [0.5, 0.6) is 5.75 Å². The molecule has 0 fully saturated rings. The third-order valence-corrected chi connectivity index (χ3v) is 3.39. The number of rotatable bonds is 10. The summed E-state index contributed by atoms with van der Waals surface area (Å²) in [5.41, 5.74) is 1.05. The number of alkyl halides is 3. The van der Waals surface area contributed by atoms with Crippen LogP contribution in [-0.4, -0.2) is 50.8 Å². The van der Waals surface area contributed by atoms with E-state index in [2.05, 4.69) is 5.32 Å². The highest BCUT2D eigenvalue weighted by Crippen LogP contribution is 2.22. The van der Waals surface area contributed by atoms with Crippen molar-refractivity contribution < 1.29 is 22.7 Å². The fraction of sp³-hybridized carbons (Fsp3) is 0.588. The van der Waals surface area contributed by atoms with Crippen LogP contribution >= 0.6 is 0 Å². The predicted molar refractivity (Wildman–Crippen MR) is 87.1 cm³/mol. The Morgan fingerprint density at radius 3 is 2.67 bits per heavy atom. The Hall–Kier alpha value is -1.76. The zero-order chi connectivity index (χ0) is 18.0. The number of amides is 1. The van der Waals surface area contributed by atoms with E-state index in [4.69, 9.17) is 4.74 Å². The lowest BCUT2D eigenvalue weighted by Gasteiger charge is -2.11. The van der Waals surface area contributed by atoms with Crippen LogP contribution in [0, 0.1) is 0 Å². The van der Waals surface area contributed by atoms with E-state index in [1.54, 1.807) is 20.2 Å². The summed E-state index contributed by atoms with van der Waals surface area (Å²) in [6, 6.07) is 7.47. The molecule has 0 unspecified atom stereocenters. The van der Waals surface area contributed by atoms with Crippen LogP contribution in [0.4, 0.5) is 13.2 Å². The highest BCUT2D eigenvalue weighted by atomic mass is 19.4. The van der Waals surface area contributed by atoms with Crippen LogP contribution in [-0.2, 0) is 11.2 Å². The lowest BCUT2D eigenvalue weighted by molar-refractivity contribution is -0.135. The van der Waals surface area contributed by atoms with Crippen molar-refractivity contribution in [3.63, 3.8) is 0 Å². The third-order valence-electron chi connectivity index (χ3n) is 3.39. The van der Waals surface area contributed by atoms with Gasteiger partial charge in [0.1, 0.15) is 5.75 Å². The molecule has 0 aliphatic heterocycles. The van der Waals surface area contributed by atoms with Crippen LogP contribution in [0.1, 0.15) is 24.8 Å². The van der Waals surface area contributed by atoms with Crippen molar-refractivity contribution in [2.75, 3.05) is 33.8 Å². The van der Waals surface area contributed by atoms with Crippen LogP contribution in [0.2, 0.25) is 0 Å². The van der Waals surface area contributed by atoms with Crippen LogP contribution in [0.15, 0.2) is 24.3 Å². The molecule has 1 aromatic carbocycles. The first-order chi connectivity index (χ1) is 11.3. The fourth-order valence-electron chi connectivity index (χ4n) is 1.99. The number of carbonyl (C=O) groups excluding carboxylic acids is 1. The van der Waals surface area contributed by atoms with Gasteiger partial charge in [-0.15, -0.1) is 0 Å². The molecular formula is C17H25F3N2O2. The van der Waals surface area contributed by atoms with Gasteiger partial charge in [0.15, 0.2) is 0 Å². The summed E-state index contributed by atoms with van der Waals surface area (Å²) in [6.45, 7) is 1.23. The second-order valence-corrected chi connectivity index (χ2v) is 5.78. The maximum atomic E-state index is 12.0. The van der Waals surface area contributed by atoms with E-state index in [9.17, 15) is 18.0 Å². The molecule has 0 bridgehead atoms. The molecule has 0 heterocycles. The Morgan fingerprint density at radius 1 is 1.25 bits per heavy atom. The summed E-state index contributed by atoms with van der Waals surface area (Å²) < 4.78 is 41.6. The van der Waals surface area contributed by atoms with Gasteiger partial charge in [0.25, 0.3) is 0 Å². The summed E-state index contributed by atoms with van der Waals surface area (Å²) >= 11 is 0. The van der Waals surface area contributed by atoms with Crippen molar-refractivity contribution in [1.82, 2.24) is 10.2 Å². The highest BCUT2D eigenvalue weighted by molar-refractivity contribution is 5.77. The van der Waals surface area contributed by atoms with Gasteiger partial charge in [-0.05, 0) is 43.5 Å². The average molecular weight is 346 g/mol. The van der Waals surface area contributed by atoms with Gasteiger partial charge in [0.05, 0.1) is 13.2 Å². The molecule has 0 saturated heterocycles. The van der Waals surface area contributed by atoms with E-state index in [0.717, 1.165) is 12.0 Å². The third kappa shape index (κ3) is 9.39. The SMILES string of the molecule is CN(C)C(=O)CNCCc1cccc(OCCCCC(F)(F)F)c1. The molecule has 4 nitrogen and oxygen atoms in total. The number of likely N-dealkylation sites (N-methyl/N-ethyl adjacent to an activating group) is 1. The molecule has 136 valence electrons. The monoisotopic (exact) mass is 346 g/mol. The van der Waals surface area contributed by atoms with Crippen molar-refractivity contribution in [3.05, 3.63) is 29.8 Å². The summed E-state index contributed by atoms with van der Waals surface area (Å²) in [4.78, 5) is 12.9. The van der Waals surface area contributed by atoms with E-state index < -0.39 is 12.6 Å². The number of hydrogen-bond acceptors (Lipinski definition) is 3. The number of carbonyl (C=O) groups is 1. The molecule has 24 heavy (non-hydrogen) atoms. The largest absolute Gasteiger partial charge is 0.494 e. The van der Waals surface area contributed by atoms with Crippen molar-refractivity contribution in [3.8, 4) is 5.75 Å². The predicted octanol–water partition coefficient (Wildman–Crippen LogP) is 3.02. The van der Waals surface area contributed by atoms with Gasteiger partial charge in [-0.1, -0.05) is 12.1 Å². The molecule has 0 atom stereocenters. The molecule has 0 aliphatic carbocycles. The smallest absolute Gasteiger partial charge is 0.389 e. The first-order valence-corrected chi connectivity index (χ1v) is 7.97. The quantitative estimate of drug-likeness (QED) is 0.662. The molecule has 7 heteroatoms. The number of hydrogen-bond donors (Lipinski definition) is 1. The summed E-state index contributed by atoms with van der Waals surface area (Å²) in [7, 11) is 3.42. The lowest BCUT2D eigenvalue weighted by atomic mass is 10.1. The van der Waals surface area contributed by atoms with E-state index in [1.165, 1.54) is 4.90 Å². The van der Waals surface area contributed by atoms with E-state index in [-0.39, 0.29) is 18.9 Å². The van der Waals surface area contributed by atoms with Gasteiger partial charge in [-0.3, -0.25) is 4.79 Å². The topological polar surface area (TPSA) is 41.6 Å². The normalized spacial score (nSPS) is 11.4. The molecule has 0 saturated carbocycles. The van der Waals surface area contributed by atoms with Gasteiger partial charge in [0, 0.05) is 20.5 Å². The van der Waals surface area contributed by atoms with Crippen LogP contribution in [0.25, 0.3) is 0 Å². The molecule has 0 aliphatic rings. The average Bonchev–Trinajstić information content (AvgIpc) is 2.50. The van der Waals surface area contributed by atoms with Crippen molar-refractivity contribution >= 4 is 5.91 Å². The van der Waals surface area contributed by atoms with E-state index >= 15 is 0 Å². The Kier molecular flexibility index (Phi) is 8.60. The number of halogens is 3. The molecule has 1 rings (SSSR count). The van der Waals surface area contributed by atoms with E-state index in [1.807, 2.05) is 18.2 Å². The Balaban J connectivity index is 2.25. The van der Waals surface area contributed by atoms with Crippen LogP contribution in [0.3, 0.4) is 0 Å². The minimum atomic E-state index is -4.10. The highest BCUT2D eigenvalue weighted by Gasteiger charge is 2.25. The number of benzene rings is 1. The van der Waals surface area contributed by atoms with Crippen LogP contribution < -0.4 is 10.1 Å². The number of ether oxygens (including phenoxy) is 1. The van der Waals surface area contributed by atoms with Gasteiger partial charge >= 0.3 is 6.18 Å². The minimum absolute atomic E-state index is 0.0194. The molecule has 1 N–H and O–H groups in total. The van der Waals surface area contributed by atoms with Gasteiger partial charge in [-0.2, -0.15) is 13.2 Å². The van der Waals surface area contributed by atoms with Gasteiger partial charge < -0.3 is 15.0 Å². The molecule has 1 aromatic rings. The van der Waals surface area contributed by atoms with Gasteiger partial charge in [0.2, 0.25) is 5.91 Å². The maximum absolute atomic E-state index is 12.0.